The minimum Gasteiger partial charge on any atom is -0.356 e. The highest BCUT2D eigenvalue weighted by Crippen LogP contribution is 2.26. The van der Waals surface area contributed by atoms with Crippen LogP contribution in [-0.4, -0.2) is 28.0 Å². The van der Waals surface area contributed by atoms with Crippen LogP contribution >= 0.6 is 0 Å². The fourth-order valence-electron chi connectivity index (χ4n) is 2.49. The fraction of sp³-hybridized carbons (Fsp3) is 0.500. The lowest BCUT2D eigenvalue weighted by Crippen LogP contribution is -2.34. The van der Waals surface area contributed by atoms with Crippen molar-refractivity contribution in [3.8, 4) is 0 Å². The quantitative estimate of drug-likeness (QED) is 0.794. The van der Waals surface area contributed by atoms with E-state index in [1.807, 2.05) is 6.20 Å². The van der Waals surface area contributed by atoms with Gasteiger partial charge in [0, 0.05) is 19.3 Å². The monoisotopic (exact) mass is 216 g/mol. The number of fused-ring (bicyclic) bond motifs is 1. The van der Waals surface area contributed by atoms with Crippen molar-refractivity contribution in [1.82, 2.24) is 15.0 Å². The van der Waals surface area contributed by atoms with Crippen molar-refractivity contribution < 1.29 is 0 Å². The van der Waals surface area contributed by atoms with Gasteiger partial charge in [-0.25, -0.2) is 9.97 Å². The predicted molar refractivity (Wildman–Crippen MR) is 64.5 cm³/mol. The summed E-state index contributed by atoms with van der Waals surface area (Å²) < 4.78 is 0. The van der Waals surface area contributed by atoms with Crippen LogP contribution in [-0.2, 0) is 0 Å². The van der Waals surface area contributed by atoms with E-state index in [0.717, 1.165) is 35.9 Å². The molecule has 0 bridgehead atoms. The molecule has 0 saturated carbocycles. The van der Waals surface area contributed by atoms with Crippen LogP contribution < -0.4 is 4.90 Å². The summed E-state index contributed by atoms with van der Waals surface area (Å²) in [5, 5.41) is 1.14. The maximum atomic E-state index is 4.43. The fourth-order valence-corrected chi connectivity index (χ4v) is 2.49. The number of anilines is 1. The summed E-state index contributed by atoms with van der Waals surface area (Å²) >= 11 is 0. The third-order valence-corrected chi connectivity index (χ3v) is 3.29. The lowest BCUT2D eigenvalue weighted by Gasteiger charge is -2.32. The van der Waals surface area contributed by atoms with Crippen molar-refractivity contribution in [2.24, 2.45) is 5.92 Å². The van der Waals surface area contributed by atoms with Gasteiger partial charge in [0.15, 0.2) is 0 Å². The third kappa shape index (κ3) is 1.54. The minimum atomic E-state index is 0.762. The molecule has 84 valence electrons. The first-order chi connectivity index (χ1) is 7.84. The van der Waals surface area contributed by atoms with Crippen molar-refractivity contribution in [3.05, 3.63) is 18.6 Å². The Morgan fingerprint density at radius 2 is 2.38 bits per heavy atom. The Bertz CT molecular complexity index is 490. The SMILES string of the molecule is CC1CCCN(c2ncnc3[nH]ccc23)C1. The van der Waals surface area contributed by atoms with Gasteiger partial charge in [0.25, 0.3) is 0 Å². The Morgan fingerprint density at radius 1 is 1.44 bits per heavy atom. The van der Waals surface area contributed by atoms with Crippen LogP contribution in [0.4, 0.5) is 5.82 Å². The second-order valence-electron chi connectivity index (χ2n) is 4.63. The Labute approximate surface area is 94.7 Å². The van der Waals surface area contributed by atoms with E-state index in [4.69, 9.17) is 0 Å². The maximum absolute atomic E-state index is 4.43. The van der Waals surface area contributed by atoms with Gasteiger partial charge in [-0.1, -0.05) is 6.92 Å². The van der Waals surface area contributed by atoms with Crippen LogP contribution in [0.1, 0.15) is 19.8 Å². The summed E-state index contributed by atoms with van der Waals surface area (Å²) in [6, 6.07) is 2.06. The molecule has 1 unspecified atom stereocenters. The van der Waals surface area contributed by atoms with Gasteiger partial charge in [-0.15, -0.1) is 0 Å². The van der Waals surface area contributed by atoms with Crippen LogP contribution in [0.2, 0.25) is 0 Å². The Balaban J connectivity index is 2.01. The molecule has 0 aromatic carbocycles. The van der Waals surface area contributed by atoms with Crippen LogP contribution in [0.5, 0.6) is 0 Å². The molecule has 16 heavy (non-hydrogen) atoms. The molecule has 1 aliphatic rings. The molecule has 2 aromatic heterocycles. The molecule has 1 aliphatic heterocycles. The molecule has 1 saturated heterocycles. The van der Waals surface area contributed by atoms with Crippen molar-refractivity contribution in [2.45, 2.75) is 19.8 Å². The van der Waals surface area contributed by atoms with E-state index < -0.39 is 0 Å². The maximum Gasteiger partial charge on any atom is 0.142 e. The van der Waals surface area contributed by atoms with Crippen molar-refractivity contribution in [2.75, 3.05) is 18.0 Å². The van der Waals surface area contributed by atoms with Gasteiger partial charge in [0.05, 0.1) is 5.39 Å². The molecule has 4 heteroatoms. The topological polar surface area (TPSA) is 44.8 Å². The van der Waals surface area contributed by atoms with Gasteiger partial charge in [0.1, 0.15) is 17.8 Å². The zero-order valence-electron chi connectivity index (χ0n) is 9.48. The number of hydrogen-bond acceptors (Lipinski definition) is 3. The second kappa shape index (κ2) is 3.77. The van der Waals surface area contributed by atoms with Gasteiger partial charge in [-0.2, -0.15) is 0 Å². The zero-order chi connectivity index (χ0) is 11.0. The highest BCUT2D eigenvalue weighted by molar-refractivity contribution is 5.87. The zero-order valence-corrected chi connectivity index (χ0v) is 9.48. The first-order valence-electron chi connectivity index (χ1n) is 5.87. The first-order valence-corrected chi connectivity index (χ1v) is 5.87. The molecule has 0 aliphatic carbocycles. The minimum absolute atomic E-state index is 0.762. The summed E-state index contributed by atoms with van der Waals surface area (Å²) in [4.78, 5) is 14.2. The average Bonchev–Trinajstić information content (AvgIpc) is 2.76. The number of nitrogens with zero attached hydrogens (tertiary/aromatic N) is 3. The number of H-pyrrole nitrogens is 1. The number of aromatic amines is 1. The highest BCUT2D eigenvalue weighted by atomic mass is 15.2. The molecule has 1 N–H and O–H groups in total. The van der Waals surface area contributed by atoms with Gasteiger partial charge in [-0.3, -0.25) is 0 Å². The van der Waals surface area contributed by atoms with Crippen LogP contribution in [0.25, 0.3) is 11.0 Å². The van der Waals surface area contributed by atoms with Crippen LogP contribution in [0, 0.1) is 5.92 Å². The molecular formula is C12H16N4. The smallest absolute Gasteiger partial charge is 0.142 e. The Morgan fingerprint density at radius 3 is 3.25 bits per heavy atom. The molecule has 3 heterocycles. The predicted octanol–water partition coefficient (Wildman–Crippen LogP) is 2.19. The van der Waals surface area contributed by atoms with Crippen molar-refractivity contribution in [3.63, 3.8) is 0 Å². The summed E-state index contributed by atoms with van der Waals surface area (Å²) in [5.74, 6) is 1.84. The van der Waals surface area contributed by atoms with Gasteiger partial charge < -0.3 is 9.88 Å². The standard InChI is InChI=1S/C12H16N4/c1-9-3-2-6-16(7-9)12-10-4-5-13-11(10)14-8-15-12/h4-5,8-9H,2-3,6-7H2,1H3,(H,13,14,15). The molecule has 1 atom stereocenters. The summed E-state index contributed by atoms with van der Waals surface area (Å²) in [6.07, 6.45) is 6.17. The van der Waals surface area contributed by atoms with Crippen LogP contribution in [0.3, 0.4) is 0 Å². The molecule has 0 amide bonds. The van der Waals surface area contributed by atoms with Crippen molar-refractivity contribution >= 4 is 16.9 Å². The second-order valence-corrected chi connectivity index (χ2v) is 4.63. The number of nitrogens with one attached hydrogen (secondary N) is 1. The molecule has 2 aromatic rings. The highest BCUT2D eigenvalue weighted by Gasteiger charge is 2.19. The molecule has 4 nitrogen and oxygen atoms in total. The lowest BCUT2D eigenvalue weighted by molar-refractivity contribution is 0.445. The van der Waals surface area contributed by atoms with E-state index in [-0.39, 0.29) is 0 Å². The molecule has 1 fully saturated rings. The number of aromatic nitrogens is 3. The van der Waals surface area contributed by atoms with E-state index in [2.05, 4.69) is 32.8 Å². The van der Waals surface area contributed by atoms with Crippen LogP contribution in [0.15, 0.2) is 18.6 Å². The van der Waals surface area contributed by atoms with Gasteiger partial charge in [-0.05, 0) is 24.8 Å². The number of hydrogen-bond donors (Lipinski definition) is 1. The van der Waals surface area contributed by atoms with E-state index in [1.54, 1.807) is 6.33 Å². The Hall–Kier alpha value is -1.58. The van der Waals surface area contributed by atoms with E-state index in [1.165, 1.54) is 12.8 Å². The van der Waals surface area contributed by atoms with E-state index in [0.29, 0.717) is 0 Å². The summed E-state index contributed by atoms with van der Waals surface area (Å²) in [5.41, 5.74) is 0.934. The van der Waals surface area contributed by atoms with Crippen molar-refractivity contribution in [1.29, 1.82) is 0 Å². The van der Waals surface area contributed by atoms with Gasteiger partial charge >= 0.3 is 0 Å². The normalized spacial score (nSPS) is 21.6. The van der Waals surface area contributed by atoms with E-state index in [9.17, 15) is 0 Å². The lowest BCUT2D eigenvalue weighted by atomic mass is 10.0. The average molecular weight is 216 g/mol. The molecule has 3 rings (SSSR count). The number of rotatable bonds is 1. The third-order valence-electron chi connectivity index (χ3n) is 3.29. The van der Waals surface area contributed by atoms with Gasteiger partial charge in [0.2, 0.25) is 0 Å². The largest absolute Gasteiger partial charge is 0.356 e. The number of piperidine rings is 1. The summed E-state index contributed by atoms with van der Waals surface area (Å²) in [6.45, 7) is 4.53. The molecular weight excluding hydrogens is 200 g/mol. The molecule has 0 spiro atoms. The summed E-state index contributed by atoms with van der Waals surface area (Å²) in [7, 11) is 0. The van der Waals surface area contributed by atoms with E-state index >= 15 is 0 Å². The first kappa shape index (κ1) is 9.63. The Kier molecular flexibility index (Phi) is 2.27. The molecule has 0 radical (unpaired) electrons.